The van der Waals surface area contributed by atoms with Crippen molar-refractivity contribution in [3.63, 3.8) is 0 Å². The van der Waals surface area contributed by atoms with Crippen LogP contribution in [0.15, 0.2) is 72.8 Å². The number of benzene rings is 3. The third-order valence-corrected chi connectivity index (χ3v) is 20.8. The number of nitriles is 4. The SMILES string of the molecule is Cc1cccc(C)c1-c1c2cc(/C=c3\cc4sc5cc(=C(C#N)C#N)sc5c4s3)sc2c(-c2c(C)cccc2C)c2cc(/C=c3\cc4sc5cc(=C(C#N)C#N)sc5c4s3)sc12. The first-order valence-corrected chi connectivity index (χ1v) is 25.8. The Morgan fingerprint density at radius 2 is 0.758 bits per heavy atom. The second-order valence-corrected chi connectivity index (χ2v) is 23.7. The molecule has 4 nitrogen and oxygen atoms in total. The fourth-order valence-corrected chi connectivity index (χ4v) is 18.9. The first kappa shape index (κ1) is 39.1. The number of hydrogen-bond donors (Lipinski definition) is 0. The molecular formula is C50H26N4S8. The summed E-state index contributed by atoms with van der Waals surface area (Å²) in [5, 5.41) is 40.5. The molecule has 0 bridgehead atoms. The summed E-state index contributed by atoms with van der Waals surface area (Å²) in [7, 11) is 0. The van der Waals surface area contributed by atoms with E-state index in [2.05, 4.69) is 125 Å². The lowest BCUT2D eigenvalue weighted by Crippen LogP contribution is -1.94. The van der Waals surface area contributed by atoms with Crippen LogP contribution in [0.3, 0.4) is 0 Å². The summed E-state index contributed by atoms with van der Waals surface area (Å²) in [6, 6.07) is 34.8. The van der Waals surface area contributed by atoms with Crippen LogP contribution in [0.25, 0.3) is 103 Å². The first-order chi connectivity index (χ1) is 30.1. The molecule has 0 aliphatic carbocycles. The number of rotatable bonds is 4. The lowest BCUT2D eigenvalue weighted by molar-refractivity contribution is 1.39. The molecular weight excluding hydrogens is 913 g/mol. The minimum Gasteiger partial charge on any atom is -0.192 e. The van der Waals surface area contributed by atoms with Crippen molar-refractivity contribution >= 4 is 172 Å². The van der Waals surface area contributed by atoms with Gasteiger partial charge in [0.15, 0.2) is 0 Å². The van der Waals surface area contributed by atoms with E-state index in [4.69, 9.17) is 0 Å². The highest BCUT2D eigenvalue weighted by Crippen LogP contribution is 2.52. The predicted molar refractivity (Wildman–Crippen MR) is 272 cm³/mol. The number of nitrogens with zero attached hydrogens (tertiary/aromatic N) is 4. The average Bonchev–Trinajstić information content (AvgIpc) is 4.11. The third-order valence-electron chi connectivity index (χ3n) is 11.1. The Balaban J connectivity index is 1.17. The van der Waals surface area contributed by atoms with E-state index in [0.29, 0.717) is 0 Å². The molecule has 8 aromatic heterocycles. The van der Waals surface area contributed by atoms with E-state index in [1.165, 1.54) is 125 Å². The zero-order valence-electron chi connectivity index (χ0n) is 33.1. The zero-order chi connectivity index (χ0) is 42.6. The van der Waals surface area contributed by atoms with Crippen molar-refractivity contribution in [1.29, 1.82) is 21.0 Å². The fourth-order valence-electron chi connectivity index (χ4n) is 8.51. The van der Waals surface area contributed by atoms with Crippen molar-refractivity contribution in [1.82, 2.24) is 0 Å². The van der Waals surface area contributed by atoms with Gasteiger partial charge in [0, 0.05) is 68.9 Å². The molecule has 8 heterocycles. The Morgan fingerprint density at radius 3 is 1.13 bits per heavy atom. The van der Waals surface area contributed by atoms with Gasteiger partial charge in [0.25, 0.3) is 0 Å². The second-order valence-electron chi connectivity index (χ2n) is 15.0. The first-order valence-electron chi connectivity index (χ1n) is 19.3. The smallest absolute Gasteiger partial charge is 0.146 e. The highest BCUT2D eigenvalue weighted by atomic mass is 32.1. The van der Waals surface area contributed by atoms with Crippen molar-refractivity contribution in [2.75, 3.05) is 0 Å². The molecule has 0 aliphatic heterocycles. The van der Waals surface area contributed by atoms with Gasteiger partial charge < -0.3 is 0 Å². The van der Waals surface area contributed by atoms with Crippen LogP contribution in [0.4, 0.5) is 0 Å². The Morgan fingerprint density at radius 1 is 0.403 bits per heavy atom. The molecule has 0 N–H and O–H groups in total. The Bertz CT molecular complexity index is 3810. The van der Waals surface area contributed by atoms with Gasteiger partial charge >= 0.3 is 0 Å². The van der Waals surface area contributed by atoms with E-state index in [-0.39, 0.29) is 11.1 Å². The molecule has 0 aliphatic rings. The van der Waals surface area contributed by atoms with Gasteiger partial charge in [-0.1, -0.05) is 36.4 Å². The van der Waals surface area contributed by atoms with Gasteiger partial charge in [0.05, 0.1) is 27.9 Å². The molecule has 0 saturated heterocycles. The van der Waals surface area contributed by atoms with Gasteiger partial charge in [-0.15, -0.1) is 90.7 Å². The number of aryl methyl sites for hydroxylation is 4. The molecule has 0 unspecified atom stereocenters. The maximum absolute atomic E-state index is 9.51. The molecule has 11 aromatic rings. The molecule has 0 saturated carbocycles. The highest BCUT2D eigenvalue weighted by molar-refractivity contribution is 7.38. The standard InChI is InChI=1S/C50H26N4S8/c1-23-7-5-8-24(2)41(23)43-33-13-29(11-31-15-37-47(57-31)49-39(59-37)17-35(61-49)27(19-51)20-52)56-46(33)44(42-25(3)9-6-10-26(42)4)34-14-30(55-45(34)43)12-32-16-38-48(58-32)50-40(60-38)18-36(62-50)28(21-53)22-54/h5-18H,1-4H3/b31-11+,32-12+. The van der Waals surface area contributed by atoms with Crippen LogP contribution in [0.2, 0.25) is 0 Å². The van der Waals surface area contributed by atoms with E-state index in [0.717, 1.165) is 27.9 Å². The van der Waals surface area contributed by atoms with Gasteiger partial charge in [-0.2, -0.15) is 21.0 Å². The lowest BCUT2D eigenvalue weighted by atomic mass is 9.87. The van der Waals surface area contributed by atoms with Crippen molar-refractivity contribution < 1.29 is 0 Å². The van der Waals surface area contributed by atoms with Crippen molar-refractivity contribution in [3.05, 3.63) is 123 Å². The molecule has 0 spiro atoms. The van der Waals surface area contributed by atoms with Crippen molar-refractivity contribution in [2.24, 2.45) is 0 Å². The average molecular weight is 939 g/mol. The second kappa shape index (κ2) is 15.0. The van der Waals surface area contributed by atoms with Gasteiger partial charge in [-0.3, -0.25) is 0 Å². The minimum atomic E-state index is 0.165. The van der Waals surface area contributed by atoms with Crippen LogP contribution in [0.1, 0.15) is 32.0 Å². The summed E-state index contributed by atoms with van der Waals surface area (Å²) in [5.74, 6) is 0. The number of fused-ring (bicyclic) bond motifs is 8. The van der Waals surface area contributed by atoms with Crippen LogP contribution in [-0.4, -0.2) is 0 Å². The number of hydrogen-bond acceptors (Lipinski definition) is 12. The minimum absolute atomic E-state index is 0.165. The number of thiophene rings is 8. The predicted octanol–water partition coefficient (Wildman–Crippen LogP) is 13.7. The van der Waals surface area contributed by atoms with Crippen molar-refractivity contribution in [3.8, 4) is 46.5 Å². The molecule has 0 atom stereocenters. The zero-order valence-corrected chi connectivity index (χ0v) is 39.7. The van der Waals surface area contributed by atoms with Crippen LogP contribution >= 0.6 is 90.7 Å². The summed E-state index contributed by atoms with van der Waals surface area (Å²) >= 11 is 13.8. The lowest BCUT2D eigenvalue weighted by Gasteiger charge is -2.18. The van der Waals surface area contributed by atoms with Gasteiger partial charge in [0.1, 0.15) is 35.4 Å². The van der Waals surface area contributed by atoms with Crippen molar-refractivity contribution in [2.45, 2.75) is 27.7 Å². The third kappa shape index (κ3) is 6.15. The summed E-state index contributed by atoms with van der Waals surface area (Å²) in [4.78, 5) is 2.39. The summed E-state index contributed by atoms with van der Waals surface area (Å²) < 4.78 is 15.8. The van der Waals surface area contributed by atoms with Gasteiger partial charge in [0.2, 0.25) is 0 Å². The van der Waals surface area contributed by atoms with Crippen LogP contribution in [-0.2, 0) is 0 Å². The fraction of sp³-hybridized carbons (Fsp3) is 0.0800. The molecule has 62 heavy (non-hydrogen) atoms. The Kier molecular flexibility index (Phi) is 9.45. The van der Waals surface area contributed by atoms with E-state index < -0.39 is 0 Å². The molecule has 0 radical (unpaired) electrons. The molecule has 294 valence electrons. The topological polar surface area (TPSA) is 95.2 Å². The normalized spacial score (nSPS) is 12.3. The molecule has 0 fully saturated rings. The summed E-state index contributed by atoms with van der Waals surface area (Å²) in [6.45, 7) is 8.91. The van der Waals surface area contributed by atoms with Crippen LogP contribution in [0.5, 0.6) is 0 Å². The van der Waals surface area contributed by atoms with Crippen LogP contribution < -0.4 is 18.1 Å². The highest BCUT2D eigenvalue weighted by Gasteiger charge is 2.25. The maximum atomic E-state index is 9.51. The van der Waals surface area contributed by atoms with Crippen LogP contribution in [0, 0.1) is 73.0 Å². The monoisotopic (exact) mass is 938 g/mol. The summed E-state index contributed by atoms with van der Waals surface area (Å²) in [6.07, 6.45) is 4.66. The van der Waals surface area contributed by atoms with E-state index >= 15 is 0 Å². The van der Waals surface area contributed by atoms with E-state index in [1.54, 1.807) is 45.3 Å². The molecule has 0 amide bonds. The van der Waals surface area contributed by atoms with Gasteiger partial charge in [-0.25, -0.2) is 0 Å². The quantitative estimate of drug-likeness (QED) is 0.176. The molecule has 11 rings (SSSR count). The van der Waals surface area contributed by atoms with E-state index in [9.17, 15) is 21.0 Å². The molecule has 12 heteroatoms. The van der Waals surface area contributed by atoms with Gasteiger partial charge in [-0.05, 0) is 110 Å². The Hall–Kier alpha value is -5.74. The largest absolute Gasteiger partial charge is 0.192 e. The Labute approximate surface area is 386 Å². The van der Waals surface area contributed by atoms with E-state index in [1.807, 2.05) is 34.8 Å². The summed E-state index contributed by atoms with van der Waals surface area (Å²) in [5.41, 5.74) is 10.5. The maximum Gasteiger partial charge on any atom is 0.146 e. The molecule has 3 aromatic carbocycles.